The van der Waals surface area contributed by atoms with Crippen LogP contribution in [0.5, 0.6) is 0 Å². The van der Waals surface area contributed by atoms with Gasteiger partial charge in [0, 0.05) is 6.07 Å². The number of rotatable bonds is 2. The second-order valence-corrected chi connectivity index (χ2v) is 5.41. The molecule has 3 heterocycles. The molecule has 1 fully saturated rings. The number of hydrogen-bond acceptors (Lipinski definition) is 4. The molecule has 4 nitrogen and oxygen atoms in total. The third-order valence-electron chi connectivity index (χ3n) is 3.25. The molecule has 0 spiro atoms. The van der Waals surface area contributed by atoms with E-state index in [0.29, 0.717) is 0 Å². The maximum absolute atomic E-state index is 11.9. The molecule has 0 bridgehead atoms. The van der Waals surface area contributed by atoms with Crippen LogP contribution < -0.4 is 10.9 Å². The SMILES string of the molecule is Cl.O=c1ccc(-c2cccs2)nn1C1CCNCC1. The van der Waals surface area contributed by atoms with Crippen LogP contribution in [-0.2, 0) is 0 Å². The van der Waals surface area contributed by atoms with Crippen molar-refractivity contribution in [3.8, 4) is 10.6 Å². The first kappa shape index (κ1) is 14.2. The number of thiophene rings is 1. The van der Waals surface area contributed by atoms with E-state index in [2.05, 4.69) is 10.4 Å². The number of aromatic nitrogens is 2. The number of nitrogens with one attached hydrogen (secondary N) is 1. The molecule has 0 unspecified atom stereocenters. The molecule has 1 saturated heterocycles. The maximum atomic E-state index is 11.9. The first-order chi connectivity index (χ1) is 8.84. The Labute approximate surface area is 121 Å². The Balaban J connectivity index is 0.00000133. The molecule has 2 aromatic heterocycles. The Hall–Kier alpha value is -1.17. The highest BCUT2D eigenvalue weighted by molar-refractivity contribution is 7.13. The molecular formula is C13H16ClN3OS. The molecule has 102 valence electrons. The van der Waals surface area contributed by atoms with Gasteiger partial charge < -0.3 is 5.32 Å². The summed E-state index contributed by atoms with van der Waals surface area (Å²) in [5, 5.41) is 9.86. The minimum absolute atomic E-state index is 0. The van der Waals surface area contributed by atoms with Gasteiger partial charge in [-0.1, -0.05) is 6.07 Å². The minimum Gasteiger partial charge on any atom is -0.317 e. The van der Waals surface area contributed by atoms with E-state index in [0.717, 1.165) is 36.5 Å². The third-order valence-corrected chi connectivity index (χ3v) is 4.15. The predicted octanol–water partition coefficient (Wildman–Crippen LogP) is 2.32. The summed E-state index contributed by atoms with van der Waals surface area (Å²) in [6.07, 6.45) is 1.95. The van der Waals surface area contributed by atoms with Crippen LogP contribution in [0.15, 0.2) is 34.4 Å². The Bertz CT molecular complexity index is 576. The zero-order valence-electron chi connectivity index (χ0n) is 10.4. The van der Waals surface area contributed by atoms with Gasteiger partial charge in [-0.25, -0.2) is 4.68 Å². The van der Waals surface area contributed by atoms with Crippen molar-refractivity contribution in [1.29, 1.82) is 0 Å². The minimum atomic E-state index is 0. The fourth-order valence-corrected chi connectivity index (χ4v) is 2.98. The van der Waals surface area contributed by atoms with E-state index in [-0.39, 0.29) is 24.0 Å². The Morgan fingerprint density at radius 2 is 2.05 bits per heavy atom. The van der Waals surface area contributed by atoms with Crippen LogP contribution in [0.3, 0.4) is 0 Å². The van der Waals surface area contributed by atoms with Gasteiger partial charge in [-0.05, 0) is 43.4 Å². The second kappa shape index (κ2) is 6.32. The summed E-state index contributed by atoms with van der Waals surface area (Å²) in [6.45, 7) is 1.92. The zero-order chi connectivity index (χ0) is 12.4. The van der Waals surface area contributed by atoms with Crippen molar-refractivity contribution in [2.45, 2.75) is 18.9 Å². The summed E-state index contributed by atoms with van der Waals surface area (Å²) in [6, 6.07) is 7.71. The van der Waals surface area contributed by atoms with Crippen molar-refractivity contribution in [2.75, 3.05) is 13.1 Å². The molecule has 0 saturated carbocycles. The van der Waals surface area contributed by atoms with Gasteiger partial charge in [-0.3, -0.25) is 4.79 Å². The van der Waals surface area contributed by atoms with Gasteiger partial charge >= 0.3 is 0 Å². The van der Waals surface area contributed by atoms with E-state index >= 15 is 0 Å². The largest absolute Gasteiger partial charge is 0.317 e. The highest BCUT2D eigenvalue weighted by atomic mass is 35.5. The van der Waals surface area contributed by atoms with Gasteiger partial charge in [0.05, 0.1) is 10.9 Å². The number of halogens is 1. The molecule has 0 radical (unpaired) electrons. The van der Waals surface area contributed by atoms with Crippen molar-refractivity contribution >= 4 is 23.7 Å². The van der Waals surface area contributed by atoms with Gasteiger partial charge in [-0.2, -0.15) is 5.10 Å². The lowest BCUT2D eigenvalue weighted by Crippen LogP contribution is -2.35. The fraction of sp³-hybridized carbons (Fsp3) is 0.385. The monoisotopic (exact) mass is 297 g/mol. The van der Waals surface area contributed by atoms with Gasteiger partial charge in [0.2, 0.25) is 0 Å². The summed E-state index contributed by atoms with van der Waals surface area (Å²) in [7, 11) is 0. The van der Waals surface area contributed by atoms with Crippen LogP contribution in [0, 0.1) is 0 Å². The quantitative estimate of drug-likeness (QED) is 0.925. The van der Waals surface area contributed by atoms with Gasteiger partial charge in [0.15, 0.2) is 0 Å². The van der Waals surface area contributed by atoms with Crippen molar-refractivity contribution in [2.24, 2.45) is 0 Å². The van der Waals surface area contributed by atoms with Crippen LogP contribution in [0.25, 0.3) is 10.6 Å². The average molecular weight is 298 g/mol. The molecule has 0 aromatic carbocycles. The van der Waals surface area contributed by atoms with Gasteiger partial charge in [0.1, 0.15) is 5.69 Å². The Morgan fingerprint density at radius 3 is 2.74 bits per heavy atom. The number of nitrogens with zero attached hydrogens (tertiary/aromatic N) is 2. The molecule has 1 N–H and O–H groups in total. The van der Waals surface area contributed by atoms with Gasteiger partial charge in [-0.15, -0.1) is 23.7 Å². The Kier molecular flexibility index (Phi) is 4.74. The molecule has 0 atom stereocenters. The molecule has 0 amide bonds. The molecule has 0 aliphatic carbocycles. The molecule has 1 aliphatic rings. The zero-order valence-corrected chi connectivity index (χ0v) is 12.0. The van der Waals surface area contributed by atoms with Gasteiger partial charge in [0.25, 0.3) is 5.56 Å². The average Bonchev–Trinajstić information content (AvgIpc) is 2.94. The topological polar surface area (TPSA) is 46.9 Å². The molecule has 1 aliphatic heterocycles. The lowest BCUT2D eigenvalue weighted by Gasteiger charge is -2.23. The van der Waals surface area contributed by atoms with Crippen molar-refractivity contribution < 1.29 is 0 Å². The summed E-state index contributed by atoms with van der Waals surface area (Å²) < 4.78 is 1.66. The fourth-order valence-electron chi connectivity index (χ4n) is 2.29. The number of piperidine rings is 1. The van der Waals surface area contributed by atoms with Crippen molar-refractivity contribution in [3.63, 3.8) is 0 Å². The molecule has 2 aromatic rings. The summed E-state index contributed by atoms with van der Waals surface area (Å²) in [4.78, 5) is 13.0. The van der Waals surface area contributed by atoms with E-state index in [1.807, 2.05) is 23.6 Å². The van der Waals surface area contributed by atoms with Crippen LogP contribution in [-0.4, -0.2) is 22.9 Å². The smallest absolute Gasteiger partial charge is 0.267 e. The highest BCUT2D eigenvalue weighted by Crippen LogP contribution is 2.22. The van der Waals surface area contributed by atoms with Crippen LogP contribution in [0.4, 0.5) is 0 Å². The molecule has 6 heteroatoms. The van der Waals surface area contributed by atoms with Crippen LogP contribution >= 0.6 is 23.7 Å². The first-order valence-electron chi connectivity index (χ1n) is 6.19. The van der Waals surface area contributed by atoms with Crippen LogP contribution in [0.2, 0.25) is 0 Å². The summed E-state index contributed by atoms with van der Waals surface area (Å²) >= 11 is 1.65. The van der Waals surface area contributed by atoms with Crippen LogP contribution in [0.1, 0.15) is 18.9 Å². The first-order valence-corrected chi connectivity index (χ1v) is 7.07. The third kappa shape index (κ3) is 3.05. The predicted molar refractivity (Wildman–Crippen MR) is 80.2 cm³/mol. The number of hydrogen-bond donors (Lipinski definition) is 1. The lowest BCUT2D eigenvalue weighted by atomic mass is 10.1. The van der Waals surface area contributed by atoms with E-state index in [9.17, 15) is 4.79 Å². The van der Waals surface area contributed by atoms with Crippen molar-refractivity contribution in [3.05, 3.63) is 40.0 Å². The normalized spacial score (nSPS) is 16.0. The van der Waals surface area contributed by atoms with E-state index in [4.69, 9.17) is 0 Å². The maximum Gasteiger partial charge on any atom is 0.267 e. The van der Waals surface area contributed by atoms with E-state index < -0.39 is 0 Å². The molecule has 19 heavy (non-hydrogen) atoms. The molecular weight excluding hydrogens is 282 g/mol. The lowest BCUT2D eigenvalue weighted by molar-refractivity contribution is 0.332. The second-order valence-electron chi connectivity index (χ2n) is 4.46. The summed E-state index contributed by atoms with van der Waals surface area (Å²) in [5.41, 5.74) is 0.894. The highest BCUT2D eigenvalue weighted by Gasteiger charge is 2.17. The summed E-state index contributed by atoms with van der Waals surface area (Å²) in [5.74, 6) is 0. The van der Waals surface area contributed by atoms with E-state index in [1.54, 1.807) is 22.1 Å². The standard InChI is InChI=1S/C13H15N3OS.ClH/c17-13-4-3-11(12-2-1-9-18-12)15-16(13)10-5-7-14-8-6-10;/h1-4,9-10,14H,5-8H2;1H. The van der Waals surface area contributed by atoms with Crippen molar-refractivity contribution in [1.82, 2.24) is 15.1 Å². The Morgan fingerprint density at radius 1 is 1.26 bits per heavy atom. The van der Waals surface area contributed by atoms with E-state index in [1.165, 1.54) is 0 Å². The molecule has 3 rings (SSSR count).